The van der Waals surface area contributed by atoms with Crippen LogP contribution in [0.5, 0.6) is 0 Å². The van der Waals surface area contributed by atoms with Crippen molar-refractivity contribution >= 4 is 6.16 Å². The van der Waals surface area contributed by atoms with E-state index in [0.29, 0.717) is 64.6 Å². The van der Waals surface area contributed by atoms with Crippen molar-refractivity contribution in [3.63, 3.8) is 0 Å². The molecule has 0 radical (unpaired) electrons. The normalized spacial score (nSPS) is 11.6. The van der Waals surface area contributed by atoms with Crippen molar-refractivity contribution in [1.29, 1.82) is 0 Å². The highest BCUT2D eigenvalue weighted by Crippen LogP contribution is 2.28. The monoisotopic (exact) mass is 454 g/mol. The number of carbonyl (C=O) groups excluding carboxylic acids is 1. The molecule has 0 heterocycles. The van der Waals surface area contributed by atoms with Gasteiger partial charge in [-0.2, -0.15) is 0 Å². The Hall–Kier alpha value is -1.93. The lowest BCUT2D eigenvalue weighted by Crippen LogP contribution is -2.35. The molecule has 184 valence electrons. The molecule has 0 aliphatic rings. The number of hydrogen-bond donors (Lipinski definition) is 2. The molecule has 7 nitrogen and oxygen atoms in total. The van der Waals surface area contributed by atoms with Gasteiger partial charge in [-0.25, -0.2) is 4.79 Å². The summed E-state index contributed by atoms with van der Waals surface area (Å²) >= 11 is 0. The Labute approximate surface area is 193 Å². The van der Waals surface area contributed by atoms with Crippen LogP contribution in [0.2, 0.25) is 0 Å². The zero-order valence-corrected chi connectivity index (χ0v) is 19.5. The van der Waals surface area contributed by atoms with E-state index in [1.807, 2.05) is 0 Å². The first kappa shape index (κ1) is 30.1. The van der Waals surface area contributed by atoms with Gasteiger partial charge in [0.1, 0.15) is 0 Å². The standard InChI is InChI=1S/C25H42O7/c1-5-11-24(12-6-2,31-19-9-17-26)15-21-29-23(28)30-22-16-25(13-7-3,14-8-4)32-20-10-18-27/h5-8,26-27H,1-4,9-22H2. The molecule has 0 saturated carbocycles. The summed E-state index contributed by atoms with van der Waals surface area (Å²) in [5.74, 6) is 0. The fourth-order valence-electron chi connectivity index (χ4n) is 3.40. The number of ether oxygens (including phenoxy) is 4. The van der Waals surface area contributed by atoms with E-state index >= 15 is 0 Å². The second kappa shape index (κ2) is 18.6. The highest BCUT2D eigenvalue weighted by molar-refractivity contribution is 5.59. The molecule has 0 fully saturated rings. The average Bonchev–Trinajstić information content (AvgIpc) is 2.75. The SMILES string of the molecule is C=CCC(CC=C)(CCOC(=O)OCCC(CC=C)(CC=C)OCCCO)OCCCO. The summed E-state index contributed by atoms with van der Waals surface area (Å²) in [7, 11) is 0. The molecule has 0 spiro atoms. The Morgan fingerprint density at radius 1 is 0.656 bits per heavy atom. The van der Waals surface area contributed by atoms with Gasteiger partial charge < -0.3 is 29.2 Å². The Kier molecular flexibility index (Phi) is 17.5. The fraction of sp³-hybridized carbons (Fsp3) is 0.640. The van der Waals surface area contributed by atoms with E-state index in [9.17, 15) is 4.79 Å². The van der Waals surface area contributed by atoms with Crippen LogP contribution in [0.4, 0.5) is 4.79 Å². The quantitative estimate of drug-likeness (QED) is 0.141. The lowest BCUT2D eigenvalue weighted by Gasteiger charge is -2.32. The van der Waals surface area contributed by atoms with Gasteiger partial charge in [0.15, 0.2) is 0 Å². The largest absolute Gasteiger partial charge is 0.508 e. The Morgan fingerprint density at radius 2 is 1.00 bits per heavy atom. The van der Waals surface area contributed by atoms with Crippen molar-refractivity contribution < 1.29 is 34.0 Å². The molecule has 0 saturated heterocycles. The Balaban J connectivity index is 4.70. The summed E-state index contributed by atoms with van der Waals surface area (Å²) < 4.78 is 22.5. The van der Waals surface area contributed by atoms with E-state index < -0.39 is 17.4 Å². The molecule has 0 unspecified atom stereocenters. The van der Waals surface area contributed by atoms with Gasteiger partial charge in [-0.05, 0) is 38.5 Å². The summed E-state index contributed by atoms with van der Waals surface area (Å²) in [5, 5.41) is 18.0. The van der Waals surface area contributed by atoms with Gasteiger partial charge in [0.25, 0.3) is 0 Å². The molecule has 0 aromatic rings. The van der Waals surface area contributed by atoms with Crippen molar-refractivity contribution in [2.45, 2.75) is 62.6 Å². The molecule has 0 aromatic heterocycles. The number of aliphatic hydroxyl groups excluding tert-OH is 2. The summed E-state index contributed by atoms with van der Waals surface area (Å²) in [5.41, 5.74) is -1.16. The van der Waals surface area contributed by atoms with Gasteiger partial charge in [-0.15, -0.1) is 26.3 Å². The molecule has 0 atom stereocenters. The van der Waals surface area contributed by atoms with Crippen LogP contribution in [0.3, 0.4) is 0 Å². The minimum absolute atomic E-state index is 0.0456. The molecular weight excluding hydrogens is 412 g/mol. The van der Waals surface area contributed by atoms with Crippen molar-refractivity contribution in [2.75, 3.05) is 39.6 Å². The summed E-state index contributed by atoms with van der Waals surface area (Å²) in [6, 6.07) is 0. The van der Waals surface area contributed by atoms with Gasteiger partial charge in [-0.1, -0.05) is 24.3 Å². The third-order valence-corrected chi connectivity index (χ3v) is 5.04. The van der Waals surface area contributed by atoms with Crippen LogP contribution in [0, 0.1) is 0 Å². The molecule has 32 heavy (non-hydrogen) atoms. The lowest BCUT2D eigenvalue weighted by atomic mass is 9.91. The van der Waals surface area contributed by atoms with Crippen LogP contribution in [0.25, 0.3) is 0 Å². The van der Waals surface area contributed by atoms with Crippen molar-refractivity contribution in [2.24, 2.45) is 0 Å². The second-order valence-corrected chi connectivity index (χ2v) is 7.64. The first-order chi connectivity index (χ1) is 15.5. The first-order valence-corrected chi connectivity index (χ1v) is 11.2. The van der Waals surface area contributed by atoms with Gasteiger partial charge in [0, 0.05) is 39.3 Å². The van der Waals surface area contributed by atoms with Gasteiger partial charge >= 0.3 is 6.16 Å². The zero-order valence-electron chi connectivity index (χ0n) is 19.5. The van der Waals surface area contributed by atoms with E-state index in [-0.39, 0.29) is 26.4 Å². The van der Waals surface area contributed by atoms with Crippen LogP contribution < -0.4 is 0 Å². The minimum Gasteiger partial charge on any atom is -0.434 e. The summed E-state index contributed by atoms with van der Waals surface area (Å²) in [4.78, 5) is 12.1. The topological polar surface area (TPSA) is 94.5 Å². The van der Waals surface area contributed by atoms with E-state index in [1.54, 1.807) is 24.3 Å². The zero-order chi connectivity index (χ0) is 24.1. The van der Waals surface area contributed by atoms with Crippen molar-refractivity contribution in [3.8, 4) is 0 Å². The fourth-order valence-corrected chi connectivity index (χ4v) is 3.40. The maximum Gasteiger partial charge on any atom is 0.508 e. The second-order valence-electron chi connectivity index (χ2n) is 7.64. The van der Waals surface area contributed by atoms with E-state index in [0.717, 1.165) is 0 Å². The number of carbonyl (C=O) groups is 1. The lowest BCUT2D eigenvalue weighted by molar-refractivity contribution is -0.0705. The van der Waals surface area contributed by atoms with E-state index in [2.05, 4.69) is 26.3 Å². The molecular formula is C25H42O7. The van der Waals surface area contributed by atoms with Crippen LogP contribution >= 0.6 is 0 Å². The smallest absolute Gasteiger partial charge is 0.434 e. The van der Waals surface area contributed by atoms with Gasteiger partial charge in [0.2, 0.25) is 0 Å². The summed E-state index contributed by atoms with van der Waals surface area (Å²) in [6.07, 6.45) is 10.5. The Bertz CT molecular complexity index is 478. The average molecular weight is 455 g/mol. The first-order valence-electron chi connectivity index (χ1n) is 11.2. The summed E-state index contributed by atoms with van der Waals surface area (Å²) in [6.45, 7) is 16.3. The third kappa shape index (κ3) is 12.8. The Morgan fingerprint density at radius 3 is 1.28 bits per heavy atom. The third-order valence-electron chi connectivity index (χ3n) is 5.04. The molecule has 2 N–H and O–H groups in total. The molecule has 0 bridgehead atoms. The predicted molar refractivity (Wildman–Crippen MR) is 127 cm³/mol. The van der Waals surface area contributed by atoms with Crippen LogP contribution in [0.15, 0.2) is 50.6 Å². The number of rotatable bonds is 22. The highest BCUT2D eigenvalue weighted by Gasteiger charge is 2.30. The molecule has 0 amide bonds. The van der Waals surface area contributed by atoms with E-state index in [4.69, 9.17) is 29.2 Å². The molecule has 7 heteroatoms. The maximum absolute atomic E-state index is 12.1. The highest BCUT2D eigenvalue weighted by atomic mass is 16.7. The van der Waals surface area contributed by atoms with Crippen molar-refractivity contribution in [1.82, 2.24) is 0 Å². The van der Waals surface area contributed by atoms with Crippen molar-refractivity contribution in [3.05, 3.63) is 50.6 Å². The number of hydrogen-bond acceptors (Lipinski definition) is 7. The minimum atomic E-state index is -0.757. The molecule has 0 aliphatic carbocycles. The van der Waals surface area contributed by atoms with Gasteiger partial charge in [-0.3, -0.25) is 0 Å². The van der Waals surface area contributed by atoms with Crippen LogP contribution in [-0.2, 0) is 18.9 Å². The molecule has 0 rings (SSSR count). The van der Waals surface area contributed by atoms with Gasteiger partial charge in [0.05, 0.1) is 24.4 Å². The molecule has 0 aliphatic heterocycles. The maximum atomic E-state index is 12.1. The number of aliphatic hydroxyl groups is 2. The predicted octanol–water partition coefficient (Wildman–Crippen LogP) is 4.50. The van der Waals surface area contributed by atoms with E-state index in [1.165, 1.54) is 0 Å². The van der Waals surface area contributed by atoms with Crippen LogP contribution in [-0.4, -0.2) is 67.2 Å². The van der Waals surface area contributed by atoms with Crippen LogP contribution in [0.1, 0.15) is 51.4 Å². The molecule has 0 aromatic carbocycles.